The molecule has 0 saturated carbocycles. The van der Waals surface area contributed by atoms with E-state index in [4.69, 9.17) is 32.7 Å². The van der Waals surface area contributed by atoms with E-state index < -0.39 is 0 Å². The smallest absolute Gasteiger partial charge is 0.119 e. The number of hydrogen-bond acceptors (Lipinski definition) is 2. The summed E-state index contributed by atoms with van der Waals surface area (Å²) in [6.45, 7) is 0.983. The predicted molar refractivity (Wildman–Crippen MR) is 83.0 cm³/mol. The summed E-state index contributed by atoms with van der Waals surface area (Å²) >= 11 is 11.6. The zero-order chi connectivity index (χ0) is 14.2. The van der Waals surface area contributed by atoms with Gasteiger partial charge in [0.15, 0.2) is 0 Å². The van der Waals surface area contributed by atoms with Crippen molar-refractivity contribution in [2.75, 3.05) is 13.2 Å². The van der Waals surface area contributed by atoms with Gasteiger partial charge in [-0.1, -0.05) is 23.2 Å². The average molecular weight is 309 g/mol. The molecule has 0 radical (unpaired) electrons. The molecule has 20 heavy (non-hydrogen) atoms. The molecular weight excluding hydrogens is 295 g/mol. The van der Waals surface area contributed by atoms with Crippen LogP contribution in [0.4, 0.5) is 0 Å². The van der Waals surface area contributed by atoms with Gasteiger partial charge in [0.1, 0.15) is 24.7 Å². The Kier molecular flexibility index (Phi) is 5.78. The average Bonchev–Trinajstić information content (AvgIpc) is 2.46. The van der Waals surface area contributed by atoms with E-state index in [1.54, 1.807) is 24.3 Å². The molecule has 0 spiro atoms. The predicted octanol–water partition coefficient (Wildman–Crippen LogP) is 5.01. The van der Waals surface area contributed by atoms with Crippen LogP contribution in [-0.2, 0) is 0 Å². The molecule has 0 aliphatic rings. The normalized spacial score (nSPS) is 10.7. The van der Waals surface area contributed by atoms with Gasteiger partial charge >= 0.3 is 0 Å². The van der Waals surface area contributed by atoms with Crippen molar-refractivity contribution < 1.29 is 9.47 Å². The molecule has 104 valence electrons. The molecule has 2 aromatic rings. The minimum absolute atomic E-state index is 0.492. The maximum Gasteiger partial charge on any atom is 0.119 e. The van der Waals surface area contributed by atoms with Crippen LogP contribution in [-0.4, -0.2) is 13.2 Å². The molecule has 0 saturated heterocycles. The van der Waals surface area contributed by atoms with Gasteiger partial charge in [0, 0.05) is 10.0 Å². The maximum absolute atomic E-state index is 5.79. The molecule has 0 amide bonds. The Balaban J connectivity index is 1.67. The van der Waals surface area contributed by atoms with Crippen molar-refractivity contribution in [1.82, 2.24) is 0 Å². The highest BCUT2D eigenvalue weighted by atomic mass is 35.5. The summed E-state index contributed by atoms with van der Waals surface area (Å²) in [5.74, 6) is 1.58. The van der Waals surface area contributed by atoms with Gasteiger partial charge in [-0.15, -0.1) is 0 Å². The third-order valence-electron chi connectivity index (χ3n) is 2.49. The van der Waals surface area contributed by atoms with Crippen LogP contribution in [0.1, 0.15) is 0 Å². The van der Waals surface area contributed by atoms with E-state index in [1.807, 2.05) is 36.4 Å². The van der Waals surface area contributed by atoms with Crippen LogP contribution in [0.15, 0.2) is 60.7 Å². The molecule has 2 aromatic carbocycles. The molecule has 0 N–H and O–H groups in total. The molecule has 0 fully saturated rings. The van der Waals surface area contributed by atoms with E-state index >= 15 is 0 Å². The van der Waals surface area contributed by atoms with E-state index in [2.05, 4.69) is 0 Å². The molecule has 0 aliphatic carbocycles. The highest BCUT2D eigenvalue weighted by Gasteiger charge is 1.92. The van der Waals surface area contributed by atoms with Gasteiger partial charge in [0.2, 0.25) is 0 Å². The molecular formula is C16H14Cl2O2. The van der Waals surface area contributed by atoms with E-state index in [1.165, 1.54) is 0 Å². The van der Waals surface area contributed by atoms with Gasteiger partial charge < -0.3 is 9.47 Å². The Labute approximate surface area is 128 Å². The summed E-state index contributed by atoms with van der Waals surface area (Å²) in [7, 11) is 0. The van der Waals surface area contributed by atoms with E-state index in [-0.39, 0.29) is 0 Å². The number of rotatable bonds is 6. The summed E-state index contributed by atoms with van der Waals surface area (Å²) in [6, 6.07) is 14.5. The van der Waals surface area contributed by atoms with Crippen LogP contribution in [0.25, 0.3) is 0 Å². The minimum Gasteiger partial charge on any atom is -0.490 e. The highest BCUT2D eigenvalue weighted by molar-refractivity contribution is 6.30. The van der Waals surface area contributed by atoms with Crippen LogP contribution < -0.4 is 9.47 Å². The van der Waals surface area contributed by atoms with Crippen LogP contribution >= 0.6 is 23.2 Å². The van der Waals surface area contributed by atoms with Crippen molar-refractivity contribution >= 4 is 23.2 Å². The van der Waals surface area contributed by atoms with Crippen molar-refractivity contribution in [1.29, 1.82) is 0 Å². The first-order valence-electron chi connectivity index (χ1n) is 6.16. The molecule has 0 aliphatic heterocycles. The Bertz CT molecular complexity index is 496. The topological polar surface area (TPSA) is 18.5 Å². The fraction of sp³-hybridized carbons (Fsp3) is 0.125. The first-order valence-corrected chi connectivity index (χ1v) is 6.91. The van der Waals surface area contributed by atoms with Crippen molar-refractivity contribution in [3.05, 3.63) is 70.7 Å². The van der Waals surface area contributed by atoms with Gasteiger partial charge in [0.25, 0.3) is 0 Å². The molecule has 2 nitrogen and oxygen atoms in total. The Hall–Kier alpha value is -1.64. The van der Waals surface area contributed by atoms with Crippen LogP contribution in [0, 0.1) is 0 Å². The molecule has 0 atom stereocenters. The van der Waals surface area contributed by atoms with Gasteiger partial charge in [-0.05, 0) is 60.7 Å². The van der Waals surface area contributed by atoms with Crippen molar-refractivity contribution in [3.8, 4) is 11.5 Å². The molecule has 0 unspecified atom stereocenters. The van der Waals surface area contributed by atoms with Gasteiger partial charge in [-0.2, -0.15) is 0 Å². The van der Waals surface area contributed by atoms with Crippen molar-refractivity contribution in [2.45, 2.75) is 0 Å². The van der Waals surface area contributed by atoms with Crippen molar-refractivity contribution in [2.24, 2.45) is 0 Å². The Morgan fingerprint density at radius 3 is 1.35 bits per heavy atom. The lowest BCUT2D eigenvalue weighted by Gasteiger charge is -2.04. The second kappa shape index (κ2) is 7.83. The second-order valence-corrected chi connectivity index (χ2v) is 4.87. The van der Waals surface area contributed by atoms with E-state index in [0.717, 1.165) is 11.5 Å². The third kappa shape index (κ3) is 5.16. The fourth-order valence-electron chi connectivity index (χ4n) is 1.49. The molecule has 0 aromatic heterocycles. The second-order valence-electron chi connectivity index (χ2n) is 4.00. The van der Waals surface area contributed by atoms with E-state index in [9.17, 15) is 0 Å². The first-order chi connectivity index (χ1) is 9.74. The lowest BCUT2D eigenvalue weighted by Crippen LogP contribution is -1.96. The maximum atomic E-state index is 5.79. The van der Waals surface area contributed by atoms with Crippen LogP contribution in [0.3, 0.4) is 0 Å². The molecule has 0 heterocycles. The fourth-order valence-corrected chi connectivity index (χ4v) is 1.74. The zero-order valence-electron chi connectivity index (χ0n) is 10.8. The SMILES string of the molecule is Clc1ccc(OC/C=C/COc2ccc(Cl)cc2)cc1. The Morgan fingerprint density at radius 1 is 0.650 bits per heavy atom. The standard InChI is InChI=1S/C16H14Cl2O2/c17-13-3-7-15(8-4-13)19-11-1-2-12-20-16-9-5-14(18)6-10-16/h1-10H,11-12H2/b2-1+. The summed E-state index contributed by atoms with van der Waals surface area (Å²) < 4.78 is 11.0. The van der Waals surface area contributed by atoms with Crippen LogP contribution in [0.5, 0.6) is 11.5 Å². The molecule has 2 rings (SSSR count). The summed E-state index contributed by atoms with van der Waals surface area (Å²) in [5, 5.41) is 1.40. The largest absolute Gasteiger partial charge is 0.490 e. The van der Waals surface area contributed by atoms with Gasteiger partial charge in [0.05, 0.1) is 0 Å². The molecule has 4 heteroatoms. The number of benzene rings is 2. The highest BCUT2D eigenvalue weighted by Crippen LogP contribution is 2.16. The summed E-state index contributed by atoms with van der Waals surface area (Å²) in [6.07, 6.45) is 3.81. The van der Waals surface area contributed by atoms with Crippen LogP contribution in [0.2, 0.25) is 10.0 Å². The number of halogens is 2. The first kappa shape index (κ1) is 14.8. The number of hydrogen-bond donors (Lipinski definition) is 0. The quantitative estimate of drug-likeness (QED) is 0.699. The Morgan fingerprint density at radius 2 is 1.00 bits per heavy atom. The lowest BCUT2D eigenvalue weighted by atomic mass is 10.3. The van der Waals surface area contributed by atoms with Gasteiger partial charge in [-0.3, -0.25) is 0 Å². The monoisotopic (exact) mass is 308 g/mol. The third-order valence-corrected chi connectivity index (χ3v) is 2.99. The lowest BCUT2D eigenvalue weighted by molar-refractivity contribution is 0.350. The summed E-state index contributed by atoms with van der Waals surface area (Å²) in [4.78, 5) is 0. The van der Waals surface area contributed by atoms with Crippen molar-refractivity contribution in [3.63, 3.8) is 0 Å². The van der Waals surface area contributed by atoms with Gasteiger partial charge in [-0.25, -0.2) is 0 Å². The molecule has 0 bridgehead atoms. The minimum atomic E-state index is 0.492. The van der Waals surface area contributed by atoms with E-state index in [0.29, 0.717) is 23.3 Å². The number of ether oxygens (including phenoxy) is 2. The zero-order valence-corrected chi connectivity index (χ0v) is 12.3. The summed E-state index contributed by atoms with van der Waals surface area (Å²) in [5.41, 5.74) is 0.